The molecule has 0 aliphatic carbocycles. The molecule has 3 rings (SSSR count). The average Bonchev–Trinajstić information content (AvgIpc) is 3.14. The van der Waals surface area contributed by atoms with Gasteiger partial charge in [0, 0.05) is 17.6 Å². The fourth-order valence-electron chi connectivity index (χ4n) is 2.74. The first-order valence-corrected chi connectivity index (χ1v) is 9.73. The van der Waals surface area contributed by atoms with Crippen LogP contribution in [0.15, 0.2) is 34.5 Å². The maximum Gasteiger partial charge on any atom is 0.347 e. The molecule has 2 aromatic heterocycles. The summed E-state index contributed by atoms with van der Waals surface area (Å²) in [5.41, 5.74) is 1.98. The minimum Gasteiger partial charge on any atom is -0.477 e. The first-order valence-electron chi connectivity index (χ1n) is 7.37. The summed E-state index contributed by atoms with van der Waals surface area (Å²) in [5, 5.41) is 11.2. The van der Waals surface area contributed by atoms with E-state index in [1.807, 2.05) is 0 Å². The number of carbonyl (C=O) groups is 1. The van der Waals surface area contributed by atoms with Crippen LogP contribution in [0.25, 0.3) is 10.9 Å². The lowest BCUT2D eigenvalue weighted by molar-refractivity contribution is 0.0698. The van der Waals surface area contributed by atoms with Gasteiger partial charge in [-0.3, -0.25) is 0 Å². The molecular weight excluding hydrogens is 367 g/mol. The number of para-hydroxylation sites is 1. The van der Waals surface area contributed by atoms with Crippen molar-refractivity contribution in [3.8, 4) is 0 Å². The lowest BCUT2D eigenvalue weighted by atomic mass is 10.1. The van der Waals surface area contributed by atoms with Gasteiger partial charge in [-0.2, -0.15) is 0 Å². The van der Waals surface area contributed by atoms with E-state index < -0.39 is 16.0 Å². The molecule has 0 atom stereocenters. The molecule has 25 heavy (non-hydrogen) atoms. The Morgan fingerprint density at radius 2 is 2.12 bits per heavy atom. The predicted octanol–water partition coefficient (Wildman–Crippen LogP) is 2.90. The van der Waals surface area contributed by atoms with E-state index in [4.69, 9.17) is 5.11 Å². The van der Waals surface area contributed by atoms with E-state index in [-0.39, 0.29) is 22.1 Å². The van der Waals surface area contributed by atoms with E-state index in [1.54, 1.807) is 19.1 Å². The molecule has 0 saturated heterocycles. The Labute approximate surface area is 147 Å². The third-order valence-corrected chi connectivity index (χ3v) is 6.42. The molecule has 0 aliphatic heterocycles. The SMILES string of the molecule is Cc1[nH]c2c(F)cccc2c1CCNS(=O)(=O)c1ccsc1C(=O)O. The number of sulfonamides is 1. The highest BCUT2D eigenvalue weighted by atomic mass is 32.2. The van der Waals surface area contributed by atoms with Gasteiger partial charge in [0.1, 0.15) is 15.6 Å². The van der Waals surface area contributed by atoms with E-state index in [0.29, 0.717) is 17.3 Å². The molecular formula is C16H15FN2O4S2. The van der Waals surface area contributed by atoms with Crippen molar-refractivity contribution in [2.24, 2.45) is 0 Å². The zero-order valence-electron chi connectivity index (χ0n) is 13.2. The fourth-order valence-corrected chi connectivity index (χ4v) is 5.03. The molecule has 0 amide bonds. The number of aromatic carboxylic acids is 1. The van der Waals surface area contributed by atoms with Gasteiger partial charge in [-0.15, -0.1) is 11.3 Å². The van der Waals surface area contributed by atoms with Crippen LogP contribution in [-0.2, 0) is 16.4 Å². The second-order valence-corrected chi connectivity index (χ2v) is 8.11. The minimum absolute atomic E-state index is 0.0710. The number of nitrogens with one attached hydrogen (secondary N) is 2. The number of hydrogen-bond acceptors (Lipinski definition) is 4. The quantitative estimate of drug-likeness (QED) is 0.610. The number of hydrogen-bond donors (Lipinski definition) is 3. The summed E-state index contributed by atoms with van der Waals surface area (Å²) >= 11 is 0.856. The molecule has 132 valence electrons. The third-order valence-electron chi connectivity index (χ3n) is 3.88. The van der Waals surface area contributed by atoms with Crippen LogP contribution in [0, 0.1) is 12.7 Å². The first-order chi connectivity index (χ1) is 11.8. The lowest BCUT2D eigenvalue weighted by Crippen LogP contribution is -2.27. The Balaban J connectivity index is 1.79. The highest BCUT2D eigenvalue weighted by molar-refractivity contribution is 7.89. The molecule has 9 heteroatoms. The number of rotatable bonds is 6. The molecule has 0 unspecified atom stereocenters. The normalized spacial score (nSPS) is 11.9. The van der Waals surface area contributed by atoms with Gasteiger partial charge >= 0.3 is 5.97 Å². The predicted molar refractivity (Wildman–Crippen MR) is 93.2 cm³/mol. The van der Waals surface area contributed by atoms with Gasteiger partial charge < -0.3 is 10.1 Å². The zero-order chi connectivity index (χ0) is 18.2. The lowest BCUT2D eigenvalue weighted by Gasteiger charge is -2.07. The van der Waals surface area contributed by atoms with Crippen molar-refractivity contribution in [2.45, 2.75) is 18.2 Å². The Morgan fingerprint density at radius 1 is 1.36 bits per heavy atom. The summed E-state index contributed by atoms with van der Waals surface area (Å²) in [6.45, 7) is 1.87. The van der Waals surface area contributed by atoms with Gasteiger partial charge in [0.25, 0.3) is 0 Å². The molecule has 2 heterocycles. The number of thiophene rings is 1. The second-order valence-electron chi connectivity index (χ2n) is 5.46. The van der Waals surface area contributed by atoms with Crippen molar-refractivity contribution < 1.29 is 22.7 Å². The maximum atomic E-state index is 13.8. The molecule has 3 aromatic rings. The van der Waals surface area contributed by atoms with Gasteiger partial charge in [0.15, 0.2) is 0 Å². The standard InChI is InChI=1S/C16H15FN2O4S2/c1-9-10(11-3-2-4-12(17)14(11)19-9)5-7-18-25(22,23)13-6-8-24-15(13)16(20)21/h2-4,6,8,18-19H,5,7H2,1H3,(H,20,21). The smallest absolute Gasteiger partial charge is 0.347 e. The van der Waals surface area contributed by atoms with Crippen LogP contribution in [-0.4, -0.2) is 31.0 Å². The topological polar surface area (TPSA) is 99.3 Å². The Hall–Kier alpha value is -2.23. The molecule has 0 bridgehead atoms. The first kappa shape index (κ1) is 17.6. The Morgan fingerprint density at radius 3 is 2.84 bits per heavy atom. The van der Waals surface area contributed by atoms with Crippen LogP contribution in [0.1, 0.15) is 20.9 Å². The van der Waals surface area contributed by atoms with Crippen LogP contribution in [0.4, 0.5) is 4.39 Å². The summed E-state index contributed by atoms with van der Waals surface area (Å²) in [5.74, 6) is -1.64. The van der Waals surface area contributed by atoms with Crippen LogP contribution in [0.2, 0.25) is 0 Å². The number of aryl methyl sites for hydroxylation is 1. The number of halogens is 1. The van der Waals surface area contributed by atoms with E-state index in [2.05, 4.69) is 9.71 Å². The van der Waals surface area contributed by atoms with Gasteiger partial charge in [0.05, 0.1) is 5.52 Å². The van der Waals surface area contributed by atoms with Crippen molar-refractivity contribution in [3.63, 3.8) is 0 Å². The number of benzene rings is 1. The van der Waals surface area contributed by atoms with Gasteiger partial charge in [-0.05, 0) is 36.4 Å². The molecule has 0 spiro atoms. The highest BCUT2D eigenvalue weighted by Gasteiger charge is 2.23. The number of aromatic amines is 1. The van der Waals surface area contributed by atoms with Crippen molar-refractivity contribution in [2.75, 3.05) is 6.54 Å². The van der Waals surface area contributed by atoms with Crippen LogP contribution in [0.3, 0.4) is 0 Å². The summed E-state index contributed by atoms with van der Waals surface area (Å²) in [6, 6.07) is 5.99. The highest BCUT2D eigenvalue weighted by Crippen LogP contribution is 2.25. The van der Waals surface area contributed by atoms with Gasteiger partial charge in [0.2, 0.25) is 10.0 Å². The van der Waals surface area contributed by atoms with Crippen molar-refractivity contribution in [1.29, 1.82) is 0 Å². The second kappa shape index (κ2) is 6.58. The van der Waals surface area contributed by atoms with Crippen LogP contribution < -0.4 is 4.72 Å². The molecule has 0 aliphatic rings. The number of carboxylic acids is 1. The van der Waals surface area contributed by atoms with Gasteiger partial charge in [-0.1, -0.05) is 12.1 Å². The van der Waals surface area contributed by atoms with E-state index in [0.717, 1.165) is 22.6 Å². The number of fused-ring (bicyclic) bond motifs is 1. The summed E-state index contributed by atoms with van der Waals surface area (Å²) in [7, 11) is -3.92. The molecule has 0 radical (unpaired) electrons. The van der Waals surface area contributed by atoms with Crippen LogP contribution in [0.5, 0.6) is 0 Å². The van der Waals surface area contributed by atoms with Crippen molar-refractivity contribution in [1.82, 2.24) is 9.71 Å². The number of aromatic nitrogens is 1. The molecule has 6 nitrogen and oxygen atoms in total. The molecule has 3 N–H and O–H groups in total. The van der Waals surface area contributed by atoms with E-state index >= 15 is 0 Å². The monoisotopic (exact) mass is 382 g/mol. The van der Waals surface area contributed by atoms with E-state index in [1.165, 1.54) is 17.5 Å². The summed E-state index contributed by atoms with van der Waals surface area (Å²) in [6.07, 6.45) is 0.348. The van der Waals surface area contributed by atoms with Crippen LogP contribution >= 0.6 is 11.3 Å². The molecule has 1 aromatic carbocycles. The minimum atomic E-state index is -3.92. The Bertz CT molecular complexity index is 1050. The summed E-state index contributed by atoms with van der Waals surface area (Å²) in [4.78, 5) is 13.6. The maximum absolute atomic E-state index is 13.8. The molecule has 0 fully saturated rings. The largest absolute Gasteiger partial charge is 0.477 e. The average molecular weight is 382 g/mol. The zero-order valence-corrected chi connectivity index (χ0v) is 14.8. The fraction of sp³-hybridized carbons (Fsp3) is 0.188. The van der Waals surface area contributed by atoms with Gasteiger partial charge in [-0.25, -0.2) is 22.3 Å². The third kappa shape index (κ3) is 3.30. The molecule has 0 saturated carbocycles. The van der Waals surface area contributed by atoms with Crippen molar-refractivity contribution >= 4 is 38.2 Å². The number of carboxylic acid groups (broad SMARTS) is 1. The van der Waals surface area contributed by atoms with E-state index in [9.17, 15) is 17.6 Å². The number of H-pyrrole nitrogens is 1. The Kier molecular flexibility index (Phi) is 4.63. The van der Waals surface area contributed by atoms with Crippen molar-refractivity contribution in [3.05, 3.63) is 51.6 Å². The summed E-state index contributed by atoms with van der Waals surface area (Å²) < 4.78 is 40.8.